The fourth-order valence-corrected chi connectivity index (χ4v) is 5.45. The minimum atomic E-state index is -0.150. The second kappa shape index (κ2) is 11.4. The Bertz CT molecular complexity index is 1430. The Balaban J connectivity index is 0.00000186. The van der Waals surface area contributed by atoms with Crippen LogP contribution in [0.15, 0.2) is 85.4 Å². The Hall–Kier alpha value is -3.91. The maximum atomic E-state index is 4.72. The fraction of sp³-hybridized carbons (Fsp3) is 0.229. The van der Waals surface area contributed by atoms with Crippen molar-refractivity contribution in [2.24, 2.45) is 4.99 Å². The highest BCUT2D eigenvalue weighted by molar-refractivity contribution is 5.95. The molecule has 2 aromatic carbocycles. The summed E-state index contributed by atoms with van der Waals surface area (Å²) in [5, 5.41) is 0. The molecular weight excluding hydrogens is 448 g/mol. The first-order valence-corrected chi connectivity index (χ1v) is 13.1. The summed E-state index contributed by atoms with van der Waals surface area (Å²) in [7, 11) is 0. The van der Waals surface area contributed by atoms with Gasteiger partial charge in [-0.1, -0.05) is 108 Å². The number of fused-ring (bicyclic) bond motifs is 2. The molecule has 0 unspecified atom stereocenters. The summed E-state index contributed by atoms with van der Waals surface area (Å²) in [5.41, 5.74) is 11.5. The van der Waals surface area contributed by atoms with Gasteiger partial charge in [-0.15, -0.1) is 0 Å². The van der Waals surface area contributed by atoms with Crippen LogP contribution in [-0.4, -0.2) is 10.8 Å². The van der Waals surface area contributed by atoms with Crippen LogP contribution in [0.2, 0.25) is 0 Å². The summed E-state index contributed by atoms with van der Waals surface area (Å²) >= 11 is 0. The predicted octanol–water partition coefficient (Wildman–Crippen LogP) is 9.94. The summed E-state index contributed by atoms with van der Waals surface area (Å²) in [6, 6.07) is 15.3. The van der Waals surface area contributed by atoms with Crippen LogP contribution in [0.25, 0.3) is 34.8 Å². The first-order chi connectivity index (χ1) is 17.8. The normalized spacial score (nSPS) is 14.2. The lowest BCUT2D eigenvalue weighted by Crippen LogP contribution is -2.27. The predicted molar refractivity (Wildman–Crippen MR) is 166 cm³/mol. The average molecular weight is 489 g/mol. The SMILES string of the molecule is C=C/C=C(\N=C/C)n1c(C=C)c(/C=C\C)c(C)c1-c1cccc2c1C(=C)c1ccccc1C2(C)C.CC. The molecule has 2 heteroatoms. The van der Waals surface area contributed by atoms with Crippen molar-refractivity contribution in [3.8, 4) is 11.3 Å². The monoisotopic (exact) mass is 488 g/mol. The van der Waals surface area contributed by atoms with Crippen LogP contribution in [-0.2, 0) is 5.41 Å². The number of rotatable bonds is 6. The number of hydrogen-bond donors (Lipinski definition) is 0. The van der Waals surface area contributed by atoms with E-state index in [0.29, 0.717) is 0 Å². The number of allylic oxidation sites excluding steroid dienone is 3. The molecule has 0 fully saturated rings. The zero-order valence-electron chi connectivity index (χ0n) is 23.5. The van der Waals surface area contributed by atoms with Gasteiger partial charge in [0.1, 0.15) is 5.82 Å². The Morgan fingerprint density at radius 2 is 1.59 bits per heavy atom. The third-order valence-corrected chi connectivity index (χ3v) is 7.00. The summed E-state index contributed by atoms with van der Waals surface area (Å²) in [6.45, 7) is 27.5. The van der Waals surface area contributed by atoms with Crippen LogP contribution in [0, 0.1) is 6.92 Å². The van der Waals surface area contributed by atoms with Gasteiger partial charge < -0.3 is 0 Å². The van der Waals surface area contributed by atoms with Gasteiger partial charge in [0.2, 0.25) is 0 Å². The third kappa shape index (κ3) is 4.53. The summed E-state index contributed by atoms with van der Waals surface area (Å²) in [4.78, 5) is 4.72. The third-order valence-electron chi connectivity index (χ3n) is 7.00. The van der Waals surface area contributed by atoms with E-state index in [0.717, 1.165) is 33.9 Å². The Morgan fingerprint density at radius 3 is 2.22 bits per heavy atom. The molecule has 37 heavy (non-hydrogen) atoms. The largest absolute Gasteiger partial charge is 0.294 e. The van der Waals surface area contributed by atoms with E-state index in [2.05, 4.69) is 99.7 Å². The molecule has 0 amide bonds. The Morgan fingerprint density at radius 1 is 0.946 bits per heavy atom. The summed E-state index contributed by atoms with van der Waals surface area (Å²) < 4.78 is 2.20. The molecule has 0 N–H and O–H groups in total. The van der Waals surface area contributed by atoms with E-state index < -0.39 is 0 Å². The molecule has 0 spiro atoms. The van der Waals surface area contributed by atoms with Gasteiger partial charge in [-0.2, -0.15) is 0 Å². The number of aromatic nitrogens is 1. The summed E-state index contributed by atoms with van der Waals surface area (Å²) in [6.07, 6.45) is 11.7. The molecule has 1 aromatic heterocycles. The van der Waals surface area contributed by atoms with Crippen molar-refractivity contribution < 1.29 is 0 Å². The maximum Gasteiger partial charge on any atom is 0.137 e. The van der Waals surface area contributed by atoms with E-state index in [9.17, 15) is 0 Å². The van der Waals surface area contributed by atoms with Gasteiger partial charge in [0, 0.05) is 22.8 Å². The molecule has 0 saturated heterocycles. The average Bonchev–Trinajstić information content (AvgIpc) is 3.19. The van der Waals surface area contributed by atoms with Crippen molar-refractivity contribution in [3.63, 3.8) is 0 Å². The number of hydrogen-bond acceptors (Lipinski definition) is 1. The Labute approximate surface area is 223 Å². The molecule has 0 aliphatic heterocycles. The van der Waals surface area contributed by atoms with Crippen LogP contribution < -0.4 is 0 Å². The zero-order valence-corrected chi connectivity index (χ0v) is 23.5. The first-order valence-electron chi connectivity index (χ1n) is 13.1. The smallest absolute Gasteiger partial charge is 0.137 e. The van der Waals surface area contributed by atoms with E-state index in [1.807, 2.05) is 46.1 Å². The molecule has 1 aliphatic rings. The molecule has 190 valence electrons. The molecule has 0 bridgehead atoms. The van der Waals surface area contributed by atoms with E-state index in [4.69, 9.17) is 4.99 Å². The van der Waals surface area contributed by atoms with Gasteiger partial charge in [-0.25, -0.2) is 4.99 Å². The van der Waals surface area contributed by atoms with E-state index in [1.54, 1.807) is 6.08 Å². The molecule has 3 aromatic rings. The number of benzene rings is 2. The highest BCUT2D eigenvalue weighted by Crippen LogP contribution is 2.50. The molecule has 1 aliphatic carbocycles. The Kier molecular flexibility index (Phi) is 8.55. The van der Waals surface area contributed by atoms with Gasteiger partial charge in [0.15, 0.2) is 0 Å². The van der Waals surface area contributed by atoms with Gasteiger partial charge in [-0.05, 0) is 66.3 Å². The van der Waals surface area contributed by atoms with Crippen molar-refractivity contribution in [2.75, 3.05) is 0 Å². The highest BCUT2D eigenvalue weighted by atomic mass is 15.1. The molecule has 0 saturated carbocycles. The van der Waals surface area contributed by atoms with Crippen LogP contribution in [0.4, 0.5) is 0 Å². The lowest BCUT2D eigenvalue weighted by atomic mass is 9.66. The van der Waals surface area contributed by atoms with Crippen molar-refractivity contribution in [2.45, 2.75) is 53.9 Å². The molecule has 0 atom stereocenters. The van der Waals surface area contributed by atoms with Crippen molar-refractivity contribution in [3.05, 3.63) is 120 Å². The minimum Gasteiger partial charge on any atom is -0.294 e. The number of nitrogens with zero attached hydrogens (tertiary/aromatic N) is 2. The van der Waals surface area contributed by atoms with Crippen molar-refractivity contribution >= 4 is 29.8 Å². The topological polar surface area (TPSA) is 17.3 Å². The lowest BCUT2D eigenvalue weighted by molar-refractivity contribution is 0.631. The molecule has 0 radical (unpaired) electrons. The molecule has 4 rings (SSSR count). The first kappa shape index (κ1) is 27.7. The van der Waals surface area contributed by atoms with Crippen LogP contribution >= 0.6 is 0 Å². The molecule has 2 nitrogen and oxygen atoms in total. The maximum absolute atomic E-state index is 4.72. The van der Waals surface area contributed by atoms with Crippen LogP contribution in [0.3, 0.4) is 0 Å². The number of aliphatic imine (C=N–C) groups is 1. The standard InChI is InChI=1S/C33H34N2.C2H6/c1-9-16-25-23(6)32(35(29(25)11-3)30(17-10-2)34-12-4)26-19-15-21-28-31(26)22(5)24-18-13-14-20-27(24)33(28,7)8;1-2/h9-21H,2-3,5H2,1,4,6-8H3;1-2H3/b16-9-,30-17+,34-12-;. The van der Waals surface area contributed by atoms with Gasteiger partial charge >= 0.3 is 0 Å². The van der Waals surface area contributed by atoms with Gasteiger partial charge in [0.05, 0.1) is 11.4 Å². The second-order valence-electron chi connectivity index (χ2n) is 9.34. The van der Waals surface area contributed by atoms with E-state index in [-0.39, 0.29) is 5.41 Å². The van der Waals surface area contributed by atoms with Crippen LogP contribution in [0.1, 0.15) is 80.6 Å². The van der Waals surface area contributed by atoms with E-state index >= 15 is 0 Å². The lowest BCUT2D eigenvalue weighted by Gasteiger charge is -2.37. The van der Waals surface area contributed by atoms with Gasteiger partial charge in [-0.3, -0.25) is 4.57 Å². The minimum absolute atomic E-state index is 0.150. The van der Waals surface area contributed by atoms with Crippen molar-refractivity contribution in [1.82, 2.24) is 4.57 Å². The fourth-order valence-electron chi connectivity index (χ4n) is 5.45. The van der Waals surface area contributed by atoms with E-state index in [1.165, 1.54) is 27.8 Å². The quantitative estimate of drug-likeness (QED) is 0.243. The van der Waals surface area contributed by atoms with Crippen LogP contribution in [0.5, 0.6) is 0 Å². The molecular formula is C35H40N2. The second-order valence-corrected chi connectivity index (χ2v) is 9.34. The zero-order chi connectivity index (χ0) is 27.3. The van der Waals surface area contributed by atoms with Crippen molar-refractivity contribution in [1.29, 1.82) is 0 Å². The molecule has 1 heterocycles. The highest BCUT2D eigenvalue weighted by Gasteiger charge is 2.36. The van der Waals surface area contributed by atoms with Gasteiger partial charge in [0.25, 0.3) is 0 Å². The summed E-state index contributed by atoms with van der Waals surface area (Å²) in [5.74, 6) is 0.796.